The van der Waals surface area contributed by atoms with Gasteiger partial charge in [0.15, 0.2) is 11.8 Å². The van der Waals surface area contributed by atoms with E-state index in [2.05, 4.69) is 15.2 Å². The third kappa shape index (κ3) is 2.56. The first-order chi connectivity index (χ1) is 12.6. The van der Waals surface area contributed by atoms with E-state index in [-0.39, 0.29) is 11.5 Å². The smallest absolute Gasteiger partial charge is 0.360 e. The molecule has 2 aromatic carbocycles. The first-order valence-electron chi connectivity index (χ1n) is 8.32. The van der Waals surface area contributed by atoms with Gasteiger partial charge in [-0.25, -0.2) is 4.79 Å². The lowest BCUT2D eigenvalue weighted by molar-refractivity contribution is 0.0315. The van der Waals surface area contributed by atoms with Gasteiger partial charge in [-0.15, -0.1) is 0 Å². The number of nitrogens with one attached hydrogen (secondary N) is 2. The van der Waals surface area contributed by atoms with E-state index < -0.39 is 12.1 Å². The molecule has 0 fully saturated rings. The molecule has 4 aromatic rings. The molecule has 1 atom stereocenters. The Labute approximate surface area is 149 Å². The van der Waals surface area contributed by atoms with Crippen LogP contribution in [0.25, 0.3) is 21.8 Å². The number of H-pyrrole nitrogens is 2. The van der Waals surface area contributed by atoms with Gasteiger partial charge in [-0.05, 0) is 26.0 Å². The molecule has 1 unspecified atom stereocenters. The fourth-order valence-corrected chi connectivity index (χ4v) is 3.19. The number of Topliss-reactive ketones (excluding diaryl/α,β-unsaturated/α-hetero) is 1. The minimum absolute atomic E-state index is 0.177. The lowest BCUT2D eigenvalue weighted by Crippen LogP contribution is -2.25. The highest BCUT2D eigenvalue weighted by Gasteiger charge is 2.26. The van der Waals surface area contributed by atoms with Gasteiger partial charge in [0.2, 0.25) is 5.78 Å². The molecule has 4 rings (SSSR count). The number of hydrogen-bond acceptors (Lipinski definition) is 4. The highest BCUT2D eigenvalue weighted by molar-refractivity contribution is 6.12. The minimum atomic E-state index is -0.920. The maximum Gasteiger partial charge on any atom is 0.360 e. The Morgan fingerprint density at radius 3 is 2.42 bits per heavy atom. The maximum atomic E-state index is 12.9. The molecule has 0 aliphatic heterocycles. The average molecular weight is 347 g/mol. The number of aryl methyl sites for hydroxylation is 1. The Balaban J connectivity index is 1.61. The molecule has 26 heavy (non-hydrogen) atoms. The summed E-state index contributed by atoms with van der Waals surface area (Å²) in [5, 5.41) is 8.30. The van der Waals surface area contributed by atoms with Crippen molar-refractivity contribution in [2.45, 2.75) is 20.0 Å². The normalized spacial score (nSPS) is 12.4. The Bertz CT molecular complexity index is 1140. The number of fused-ring (bicyclic) bond motifs is 2. The number of nitrogens with zero attached hydrogens (tertiary/aromatic N) is 1. The number of benzene rings is 2. The lowest BCUT2D eigenvalue weighted by atomic mass is 10.0. The molecule has 2 aromatic heterocycles. The van der Waals surface area contributed by atoms with Gasteiger partial charge in [0.25, 0.3) is 0 Å². The molecule has 0 saturated heterocycles. The molecule has 0 aliphatic carbocycles. The molecule has 130 valence electrons. The van der Waals surface area contributed by atoms with Crippen molar-refractivity contribution in [3.05, 3.63) is 65.5 Å². The number of aromatic nitrogens is 3. The van der Waals surface area contributed by atoms with E-state index >= 15 is 0 Å². The molecule has 0 saturated carbocycles. The Morgan fingerprint density at radius 2 is 1.65 bits per heavy atom. The second-order valence-corrected chi connectivity index (χ2v) is 6.20. The summed E-state index contributed by atoms with van der Waals surface area (Å²) >= 11 is 0. The summed E-state index contributed by atoms with van der Waals surface area (Å²) in [7, 11) is 0. The van der Waals surface area contributed by atoms with E-state index in [1.54, 1.807) is 13.0 Å². The number of para-hydroxylation sites is 2. The highest BCUT2D eigenvalue weighted by atomic mass is 16.5. The Hall–Kier alpha value is -3.41. The van der Waals surface area contributed by atoms with Crippen LogP contribution in [0.3, 0.4) is 0 Å². The Morgan fingerprint density at radius 1 is 1.00 bits per heavy atom. The van der Waals surface area contributed by atoms with Gasteiger partial charge >= 0.3 is 5.97 Å². The van der Waals surface area contributed by atoms with Gasteiger partial charge in [-0.3, -0.25) is 9.89 Å². The van der Waals surface area contributed by atoms with Crippen LogP contribution in [0.1, 0.15) is 33.5 Å². The van der Waals surface area contributed by atoms with Crippen molar-refractivity contribution in [1.29, 1.82) is 0 Å². The number of hydrogen-bond donors (Lipinski definition) is 2. The molecule has 0 amide bonds. The molecule has 0 aliphatic rings. The number of ether oxygens (including phenoxy) is 1. The minimum Gasteiger partial charge on any atom is -0.449 e. The van der Waals surface area contributed by atoms with Crippen LogP contribution < -0.4 is 0 Å². The number of aromatic amines is 2. The summed E-state index contributed by atoms with van der Waals surface area (Å²) in [5.41, 5.74) is 3.10. The first kappa shape index (κ1) is 16.1. The second-order valence-electron chi connectivity index (χ2n) is 6.20. The summed E-state index contributed by atoms with van der Waals surface area (Å²) in [6, 6.07) is 14.8. The van der Waals surface area contributed by atoms with Gasteiger partial charge < -0.3 is 9.72 Å². The number of carbonyl (C=O) groups is 2. The van der Waals surface area contributed by atoms with E-state index in [0.29, 0.717) is 10.9 Å². The van der Waals surface area contributed by atoms with Crippen molar-refractivity contribution >= 4 is 33.6 Å². The van der Waals surface area contributed by atoms with Gasteiger partial charge in [-0.2, -0.15) is 5.10 Å². The number of ketones is 1. The van der Waals surface area contributed by atoms with Crippen LogP contribution >= 0.6 is 0 Å². The predicted molar refractivity (Wildman–Crippen MR) is 98.3 cm³/mol. The van der Waals surface area contributed by atoms with Crippen LogP contribution in [-0.4, -0.2) is 33.0 Å². The molecule has 2 N–H and O–H groups in total. The topological polar surface area (TPSA) is 87.8 Å². The zero-order valence-electron chi connectivity index (χ0n) is 14.4. The van der Waals surface area contributed by atoms with Crippen LogP contribution in [0.5, 0.6) is 0 Å². The molecule has 0 spiro atoms. The van der Waals surface area contributed by atoms with E-state index in [0.717, 1.165) is 22.1 Å². The average Bonchev–Trinajstić information content (AvgIpc) is 3.21. The van der Waals surface area contributed by atoms with Gasteiger partial charge in [-0.1, -0.05) is 36.4 Å². The largest absolute Gasteiger partial charge is 0.449 e. The second kappa shape index (κ2) is 6.15. The predicted octanol–water partition coefficient (Wildman–Crippen LogP) is 3.78. The number of carbonyl (C=O) groups excluding carboxylic acids is 2. The zero-order valence-corrected chi connectivity index (χ0v) is 14.4. The number of rotatable bonds is 4. The molecule has 0 bridgehead atoms. The Kier molecular flexibility index (Phi) is 3.80. The molecule has 6 nitrogen and oxygen atoms in total. The van der Waals surface area contributed by atoms with Crippen molar-refractivity contribution in [2.24, 2.45) is 0 Å². The summed E-state index contributed by atoms with van der Waals surface area (Å²) in [6.45, 7) is 3.42. The SMILES string of the molecule is Cc1[nH]c2ccccc2c1C(=O)C(C)OC(=O)c1n[nH]c2ccccc12. The molecule has 6 heteroatoms. The van der Waals surface area contributed by atoms with Crippen molar-refractivity contribution < 1.29 is 14.3 Å². The molecule has 0 radical (unpaired) electrons. The zero-order chi connectivity index (χ0) is 18.3. The summed E-state index contributed by atoms with van der Waals surface area (Å²) < 4.78 is 5.41. The van der Waals surface area contributed by atoms with E-state index in [1.807, 2.05) is 49.4 Å². The van der Waals surface area contributed by atoms with Crippen molar-refractivity contribution in [2.75, 3.05) is 0 Å². The lowest BCUT2D eigenvalue weighted by Gasteiger charge is -2.12. The highest BCUT2D eigenvalue weighted by Crippen LogP contribution is 2.24. The molecular weight excluding hydrogens is 330 g/mol. The summed E-state index contributed by atoms with van der Waals surface area (Å²) in [6.07, 6.45) is -0.920. The van der Waals surface area contributed by atoms with E-state index in [9.17, 15) is 9.59 Å². The van der Waals surface area contributed by atoms with Gasteiger partial charge in [0, 0.05) is 27.5 Å². The quantitative estimate of drug-likeness (QED) is 0.434. The summed E-state index contributed by atoms with van der Waals surface area (Å²) in [4.78, 5) is 28.6. The van der Waals surface area contributed by atoms with Crippen LogP contribution in [0.15, 0.2) is 48.5 Å². The van der Waals surface area contributed by atoms with E-state index in [4.69, 9.17) is 4.74 Å². The maximum absolute atomic E-state index is 12.9. The fourth-order valence-electron chi connectivity index (χ4n) is 3.19. The molecular formula is C20H17N3O3. The molecule has 2 heterocycles. The van der Waals surface area contributed by atoms with Crippen molar-refractivity contribution in [3.63, 3.8) is 0 Å². The van der Waals surface area contributed by atoms with Crippen LogP contribution in [0.4, 0.5) is 0 Å². The summed E-state index contributed by atoms with van der Waals surface area (Å²) in [5.74, 6) is -0.867. The number of esters is 1. The third-order valence-corrected chi connectivity index (χ3v) is 4.46. The third-order valence-electron chi connectivity index (χ3n) is 4.46. The van der Waals surface area contributed by atoms with E-state index in [1.165, 1.54) is 0 Å². The van der Waals surface area contributed by atoms with Gasteiger partial charge in [0.05, 0.1) is 5.52 Å². The standard InChI is InChI=1S/C20H17N3O3/c1-11-17(13-7-3-5-9-15(13)21-11)19(24)12(2)26-20(25)18-14-8-4-6-10-16(14)22-23-18/h3-10,12,21H,1-2H3,(H,22,23). The van der Waals surface area contributed by atoms with Crippen molar-refractivity contribution in [1.82, 2.24) is 15.2 Å². The van der Waals surface area contributed by atoms with Crippen LogP contribution in [0.2, 0.25) is 0 Å². The fraction of sp³-hybridized carbons (Fsp3) is 0.150. The van der Waals surface area contributed by atoms with Crippen LogP contribution in [0, 0.1) is 6.92 Å². The van der Waals surface area contributed by atoms with Crippen molar-refractivity contribution in [3.8, 4) is 0 Å². The monoisotopic (exact) mass is 347 g/mol. The first-order valence-corrected chi connectivity index (χ1v) is 8.32. The van der Waals surface area contributed by atoms with Crippen LogP contribution in [-0.2, 0) is 4.74 Å². The van der Waals surface area contributed by atoms with Gasteiger partial charge in [0.1, 0.15) is 0 Å².